The van der Waals surface area contributed by atoms with Crippen molar-refractivity contribution in [2.75, 3.05) is 46.4 Å². The first-order valence-electron chi connectivity index (χ1n) is 9.17. The van der Waals surface area contributed by atoms with Crippen molar-refractivity contribution in [1.29, 1.82) is 0 Å². The van der Waals surface area contributed by atoms with Crippen LogP contribution >= 0.6 is 11.3 Å². The minimum absolute atomic E-state index is 0.655. The number of rotatable bonds is 7. The maximum Gasteiger partial charge on any atom is 0.193 e. The topological polar surface area (TPSA) is 40.1 Å². The van der Waals surface area contributed by atoms with Crippen molar-refractivity contribution >= 4 is 17.3 Å². The summed E-state index contributed by atoms with van der Waals surface area (Å²) in [5, 5.41) is 5.57. The van der Waals surface area contributed by atoms with Gasteiger partial charge in [0.15, 0.2) is 5.96 Å². The number of nitrogens with one attached hydrogen (secondary N) is 1. The zero-order chi connectivity index (χ0) is 18.0. The maximum atomic E-state index is 5.73. The Balaban J connectivity index is 1.33. The summed E-state index contributed by atoms with van der Waals surface area (Å²) in [4.78, 5) is 10.7. The predicted molar refractivity (Wildman–Crippen MR) is 109 cm³/mol. The molecule has 0 bridgehead atoms. The van der Waals surface area contributed by atoms with Gasteiger partial charge in [0.1, 0.15) is 0 Å². The molecule has 0 atom stereocenters. The van der Waals surface area contributed by atoms with Gasteiger partial charge >= 0.3 is 0 Å². The van der Waals surface area contributed by atoms with Crippen molar-refractivity contribution in [3.8, 4) is 0 Å². The van der Waals surface area contributed by atoms with Crippen LogP contribution in [0, 0.1) is 0 Å². The van der Waals surface area contributed by atoms with E-state index in [1.807, 2.05) is 36.6 Å². The number of guanidine groups is 1. The van der Waals surface area contributed by atoms with Crippen molar-refractivity contribution in [1.82, 2.24) is 15.1 Å². The number of ether oxygens (including phenoxy) is 1. The molecule has 1 fully saturated rings. The molecule has 140 valence electrons. The number of benzene rings is 1. The Bertz CT molecular complexity index is 652. The second-order valence-corrected chi connectivity index (χ2v) is 7.39. The van der Waals surface area contributed by atoms with Crippen LogP contribution in [-0.2, 0) is 17.9 Å². The Morgan fingerprint density at radius 3 is 2.62 bits per heavy atom. The Kier molecular flexibility index (Phi) is 7.49. The minimum atomic E-state index is 0.655. The summed E-state index contributed by atoms with van der Waals surface area (Å²) in [6, 6.07) is 14.6. The molecule has 1 aromatic heterocycles. The number of aliphatic imine (C=N–C) groups is 1. The van der Waals surface area contributed by atoms with Crippen LogP contribution < -0.4 is 5.32 Å². The molecule has 2 heterocycles. The van der Waals surface area contributed by atoms with Gasteiger partial charge in [-0.2, -0.15) is 0 Å². The van der Waals surface area contributed by atoms with Crippen molar-refractivity contribution in [3.05, 3.63) is 58.3 Å². The molecule has 5 nitrogen and oxygen atoms in total. The van der Waals surface area contributed by atoms with E-state index in [2.05, 4.69) is 49.8 Å². The largest absolute Gasteiger partial charge is 0.375 e. The Morgan fingerprint density at radius 1 is 1.12 bits per heavy atom. The third-order valence-electron chi connectivity index (χ3n) is 4.48. The fraction of sp³-hybridized carbons (Fsp3) is 0.450. The lowest BCUT2D eigenvalue weighted by molar-refractivity contribution is 0.124. The first kappa shape index (κ1) is 18.9. The number of nitrogens with zero attached hydrogens (tertiary/aromatic N) is 3. The SMILES string of the molecule is CN=C(NCCOCc1ccccc1)N1CCN(Cc2cccs2)CC1. The van der Waals surface area contributed by atoms with E-state index in [0.717, 1.165) is 45.2 Å². The third-order valence-corrected chi connectivity index (χ3v) is 5.35. The molecular weight excluding hydrogens is 344 g/mol. The predicted octanol–water partition coefficient (Wildman–Crippen LogP) is 2.66. The van der Waals surface area contributed by atoms with Crippen molar-refractivity contribution in [2.45, 2.75) is 13.2 Å². The van der Waals surface area contributed by atoms with E-state index in [-0.39, 0.29) is 0 Å². The average Bonchev–Trinajstić information content (AvgIpc) is 3.19. The minimum Gasteiger partial charge on any atom is -0.375 e. The van der Waals surface area contributed by atoms with Crippen molar-refractivity contribution < 1.29 is 4.74 Å². The monoisotopic (exact) mass is 372 g/mol. The summed E-state index contributed by atoms with van der Waals surface area (Å²) in [5.41, 5.74) is 1.21. The Hall–Kier alpha value is -1.89. The molecule has 1 aliphatic rings. The number of thiophene rings is 1. The van der Waals surface area contributed by atoms with E-state index >= 15 is 0 Å². The standard InChI is InChI=1S/C20H28N4OS/c1-21-20(22-9-14-25-17-18-6-3-2-4-7-18)24-12-10-23(11-13-24)16-19-8-5-15-26-19/h2-8,15H,9-14,16-17H2,1H3,(H,21,22). The van der Waals surface area contributed by atoms with Crippen LogP contribution in [0.3, 0.4) is 0 Å². The lowest BCUT2D eigenvalue weighted by Crippen LogP contribution is -2.52. The Labute approximate surface area is 160 Å². The molecule has 1 aromatic carbocycles. The maximum absolute atomic E-state index is 5.73. The van der Waals surface area contributed by atoms with Crippen LogP contribution in [0.5, 0.6) is 0 Å². The van der Waals surface area contributed by atoms with Gasteiger partial charge in [-0.25, -0.2) is 0 Å². The number of hydrogen-bond donors (Lipinski definition) is 1. The van der Waals surface area contributed by atoms with Gasteiger partial charge in [-0.05, 0) is 17.0 Å². The lowest BCUT2D eigenvalue weighted by Gasteiger charge is -2.36. The summed E-state index contributed by atoms with van der Waals surface area (Å²) in [5.74, 6) is 0.976. The zero-order valence-electron chi connectivity index (χ0n) is 15.4. The van der Waals surface area contributed by atoms with Gasteiger partial charge in [0.25, 0.3) is 0 Å². The molecule has 1 saturated heterocycles. The molecule has 2 aromatic rings. The smallest absolute Gasteiger partial charge is 0.193 e. The molecule has 0 radical (unpaired) electrons. The van der Waals surface area contributed by atoms with Gasteiger partial charge in [-0.1, -0.05) is 36.4 Å². The molecule has 0 saturated carbocycles. The van der Waals surface area contributed by atoms with Gasteiger partial charge < -0.3 is 15.0 Å². The summed E-state index contributed by atoms with van der Waals surface area (Å²) in [7, 11) is 1.85. The van der Waals surface area contributed by atoms with E-state index in [1.54, 1.807) is 0 Å². The highest BCUT2D eigenvalue weighted by molar-refractivity contribution is 7.09. The average molecular weight is 373 g/mol. The van der Waals surface area contributed by atoms with Crippen LogP contribution in [0.2, 0.25) is 0 Å². The van der Waals surface area contributed by atoms with Crippen LogP contribution in [-0.4, -0.2) is 62.1 Å². The molecular formula is C20H28N4OS. The molecule has 0 spiro atoms. The van der Waals surface area contributed by atoms with Crippen molar-refractivity contribution in [2.24, 2.45) is 4.99 Å². The molecule has 1 N–H and O–H groups in total. The number of piperazine rings is 1. The fourth-order valence-electron chi connectivity index (χ4n) is 3.07. The van der Waals surface area contributed by atoms with E-state index in [4.69, 9.17) is 4.74 Å². The molecule has 1 aliphatic heterocycles. The first-order valence-corrected chi connectivity index (χ1v) is 10.0. The second-order valence-electron chi connectivity index (χ2n) is 6.35. The highest BCUT2D eigenvalue weighted by Crippen LogP contribution is 2.13. The molecule has 0 unspecified atom stereocenters. The van der Waals surface area contributed by atoms with E-state index in [1.165, 1.54) is 10.4 Å². The van der Waals surface area contributed by atoms with E-state index < -0.39 is 0 Å². The quantitative estimate of drug-likeness (QED) is 0.461. The van der Waals surface area contributed by atoms with Crippen molar-refractivity contribution in [3.63, 3.8) is 0 Å². The van der Waals surface area contributed by atoms with Crippen LogP contribution in [0.15, 0.2) is 52.8 Å². The number of hydrogen-bond acceptors (Lipinski definition) is 4. The van der Waals surface area contributed by atoms with Crippen LogP contribution in [0.4, 0.5) is 0 Å². The third kappa shape index (κ3) is 5.83. The second kappa shape index (κ2) is 10.3. The molecule has 0 amide bonds. The highest BCUT2D eigenvalue weighted by atomic mass is 32.1. The lowest BCUT2D eigenvalue weighted by atomic mass is 10.2. The summed E-state index contributed by atoms with van der Waals surface area (Å²) in [6.07, 6.45) is 0. The molecule has 3 rings (SSSR count). The van der Waals surface area contributed by atoms with Gasteiger partial charge in [0.2, 0.25) is 0 Å². The van der Waals surface area contributed by atoms with Gasteiger partial charge in [-0.15, -0.1) is 11.3 Å². The van der Waals surface area contributed by atoms with E-state index in [9.17, 15) is 0 Å². The molecule has 26 heavy (non-hydrogen) atoms. The van der Waals surface area contributed by atoms with Gasteiger partial charge in [0.05, 0.1) is 13.2 Å². The van der Waals surface area contributed by atoms with E-state index in [0.29, 0.717) is 13.2 Å². The molecule has 0 aliphatic carbocycles. The van der Waals surface area contributed by atoms with Crippen LogP contribution in [0.1, 0.15) is 10.4 Å². The molecule has 6 heteroatoms. The van der Waals surface area contributed by atoms with Gasteiger partial charge in [-0.3, -0.25) is 9.89 Å². The summed E-state index contributed by atoms with van der Waals surface area (Å²) in [6.45, 7) is 7.33. The fourth-order valence-corrected chi connectivity index (χ4v) is 3.82. The first-order chi connectivity index (χ1) is 12.8. The Morgan fingerprint density at radius 2 is 1.92 bits per heavy atom. The van der Waals surface area contributed by atoms with Gasteiger partial charge in [0, 0.05) is 51.2 Å². The summed E-state index contributed by atoms with van der Waals surface area (Å²) >= 11 is 1.84. The van der Waals surface area contributed by atoms with Crippen LogP contribution in [0.25, 0.3) is 0 Å². The normalized spacial score (nSPS) is 16.0. The summed E-state index contributed by atoms with van der Waals surface area (Å²) < 4.78 is 5.73. The zero-order valence-corrected chi connectivity index (χ0v) is 16.3. The highest BCUT2D eigenvalue weighted by Gasteiger charge is 2.19.